The number of aliphatic carboxylic acids is 1. The summed E-state index contributed by atoms with van der Waals surface area (Å²) < 4.78 is 0. The van der Waals surface area contributed by atoms with E-state index in [1.54, 1.807) is 11.8 Å². The van der Waals surface area contributed by atoms with Crippen molar-refractivity contribution in [3.8, 4) is 0 Å². The van der Waals surface area contributed by atoms with Gasteiger partial charge in [0.25, 0.3) is 0 Å². The first-order valence-electron chi connectivity index (χ1n) is 6.68. The molecular formula is C13H27NO3S. The summed E-state index contributed by atoms with van der Waals surface area (Å²) >= 11 is 1.78. The van der Waals surface area contributed by atoms with Gasteiger partial charge in [-0.15, -0.1) is 0 Å². The molecule has 0 aromatic carbocycles. The lowest BCUT2D eigenvalue weighted by atomic mass is 9.90. The van der Waals surface area contributed by atoms with Crippen molar-refractivity contribution in [3.63, 3.8) is 0 Å². The van der Waals surface area contributed by atoms with Gasteiger partial charge in [0.15, 0.2) is 0 Å². The predicted octanol–water partition coefficient (Wildman–Crippen LogP) is 2.11. The van der Waals surface area contributed by atoms with Crippen LogP contribution in [-0.2, 0) is 4.79 Å². The number of hydrogen-bond acceptors (Lipinski definition) is 4. The Morgan fingerprint density at radius 2 is 1.94 bits per heavy atom. The highest BCUT2D eigenvalue weighted by atomic mass is 32.2. The molecule has 1 unspecified atom stereocenters. The van der Waals surface area contributed by atoms with Crippen molar-refractivity contribution in [2.24, 2.45) is 0 Å². The molecule has 0 spiro atoms. The largest absolute Gasteiger partial charge is 0.480 e. The van der Waals surface area contributed by atoms with Gasteiger partial charge in [-0.05, 0) is 51.0 Å². The van der Waals surface area contributed by atoms with Gasteiger partial charge in [0.2, 0.25) is 0 Å². The third-order valence-electron chi connectivity index (χ3n) is 2.92. The molecule has 0 rings (SSSR count). The summed E-state index contributed by atoms with van der Waals surface area (Å²) in [6.45, 7) is 6.10. The maximum Gasteiger partial charge on any atom is 0.323 e. The second kappa shape index (κ2) is 9.64. The van der Waals surface area contributed by atoms with Crippen LogP contribution in [0.25, 0.3) is 0 Å². The number of aliphatic hydroxyl groups is 1. The highest BCUT2D eigenvalue weighted by molar-refractivity contribution is 7.99. The van der Waals surface area contributed by atoms with Crippen molar-refractivity contribution in [1.82, 2.24) is 5.32 Å². The van der Waals surface area contributed by atoms with Crippen molar-refractivity contribution in [3.05, 3.63) is 0 Å². The van der Waals surface area contributed by atoms with E-state index < -0.39 is 11.5 Å². The Hall–Kier alpha value is -0.260. The molecule has 0 saturated heterocycles. The summed E-state index contributed by atoms with van der Waals surface area (Å²) in [7, 11) is 0. The number of aliphatic hydroxyl groups excluding tert-OH is 1. The molecule has 0 heterocycles. The van der Waals surface area contributed by atoms with E-state index in [0.29, 0.717) is 12.8 Å². The Balaban J connectivity index is 4.12. The quantitative estimate of drug-likeness (QED) is 0.505. The van der Waals surface area contributed by atoms with E-state index in [-0.39, 0.29) is 12.6 Å². The second-order valence-electron chi connectivity index (χ2n) is 4.83. The van der Waals surface area contributed by atoms with Crippen LogP contribution in [0.5, 0.6) is 0 Å². The normalized spacial score (nSPS) is 14.7. The molecule has 0 bridgehead atoms. The van der Waals surface area contributed by atoms with E-state index in [1.165, 1.54) is 0 Å². The zero-order chi connectivity index (χ0) is 14.0. The SMILES string of the molecule is CCC(CCCSCCCO)(NC(C)C)C(=O)O. The number of nitrogens with one attached hydrogen (secondary N) is 1. The Morgan fingerprint density at radius 3 is 2.39 bits per heavy atom. The van der Waals surface area contributed by atoms with Crippen molar-refractivity contribution >= 4 is 17.7 Å². The Labute approximate surface area is 115 Å². The van der Waals surface area contributed by atoms with Crippen LogP contribution in [-0.4, -0.2) is 45.9 Å². The molecule has 0 radical (unpaired) electrons. The van der Waals surface area contributed by atoms with E-state index >= 15 is 0 Å². The summed E-state index contributed by atoms with van der Waals surface area (Å²) in [5.41, 5.74) is -0.786. The maximum atomic E-state index is 11.5. The number of carboxylic acid groups (broad SMARTS) is 1. The molecule has 108 valence electrons. The first-order chi connectivity index (χ1) is 8.48. The lowest BCUT2D eigenvalue weighted by Gasteiger charge is -2.31. The van der Waals surface area contributed by atoms with Gasteiger partial charge >= 0.3 is 5.97 Å². The minimum atomic E-state index is -0.786. The topological polar surface area (TPSA) is 69.6 Å². The van der Waals surface area contributed by atoms with E-state index in [1.807, 2.05) is 20.8 Å². The van der Waals surface area contributed by atoms with Crippen molar-refractivity contribution < 1.29 is 15.0 Å². The van der Waals surface area contributed by atoms with Gasteiger partial charge < -0.3 is 10.2 Å². The molecule has 0 aromatic heterocycles. The molecular weight excluding hydrogens is 250 g/mol. The average molecular weight is 277 g/mol. The summed E-state index contributed by atoms with van der Waals surface area (Å²) in [5, 5.41) is 21.3. The second-order valence-corrected chi connectivity index (χ2v) is 6.06. The molecule has 0 aliphatic rings. The summed E-state index contributed by atoms with van der Waals surface area (Å²) in [4.78, 5) is 11.5. The summed E-state index contributed by atoms with van der Waals surface area (Å²) in [5.74, 6) is 1.15. The molecule has 3 N–H and O–H groups in total. The first-order valence-corrected chi connectivity index (χ1v) is 7.83. The van der Waals surface area contributed by atoms with Gasteiger partial charge in [0.05, 0.1) is 0 Å². The predicted molar refractivity (Wildman–Crippen MR) is 77.2 cm³/mol. The fourth-order valence-electron chi connectivity index (χ4n) is 1.97. The molecule has 4 nitrogen and oxygen atoms in total. The summed E-state index contributed by atoms with van der Waals surface area (Å²) in [6.07, 6.45) is 2.95. The Kier molecular flexibility index (Phi) is 9.50. The van der Waals surface area contributed by atoms with E-state index in [2.05, 4.69) is 5.32 Å². The highest BCUT2D eigenvalue weighted by Gasteiger charge is 2.36. The van der Waals surface area contributed by atoms with Gasteiger partial charge in [0.1, 0.15) is 5.54 Å². The fourth-order valence-corrected chi connectivity index (χ4v) is 2.85. The molecule has 0 aliphatic heterocycles. The molecule has 0 aromatic rings. The lowest BCUT2D eigenvalue weighted by Crippen LogP contribution is -2.54. The standard InChI is InChI=1S/C13H27NO3S/c1-4-13(12(16)17,14-11(2)3)7-5-9-18-10-6-8-15/h11,14-15H,4-10H2,1-3H3,(H,16,17). The van der Waals surface area contributed by atoms with Gasteiger partial charge in [-0.25, -0.2) is 0 Å². The van der Waals surface area contributed by atoms with E-state index in [0.717, 1.165) is 24.3 Å². The number of thioether (sulfide) groups is 1. The number of carbonyl (C=O) groups is 1. The molecule has 0 saturated carbocycles. The maximum absolute atomic E-state index is 11.5. The van der Waals surface area contributed by atoms with Crippen LogP contribution in [0.3, 0.4) is 0 Å². The molecule has 0 fully saturated rings. The first kappa shape index (κ1) is 17.7. The number of rotatable bonds is 11. The Bertz CT molecular complexity index is 236. The Morgan fingerprint density at radius 1 is 1.33 bits per heavy atom. The van der Waals surface area contributed by atoms with Crippen LogP contribution < -0.4 is 5.32 Å². The molecule has 18 heavy (non-hydrogen) atoms. The van der Waals surface area contributed by atoms with Crippen molar-refractivity contribution in [2.45, 2.75) is 58.0 Å². The van der Waals surface area contributed by atoms with Crippen LogP contribution in [0.4, 0.5) is 0 Å². The van der Waals surface area contributed by atoms with Crippen LogP contribution in [0.15, 0.2) is 0 Å². The number of hydrogen-bond donors (Lipinski definition) is 3. The summed E-state index contributed by atoms with van der Waals surface area (Å²) in [6, 6.07) is 0.170. The molecule has 1 atom stereocenters. The van der Waals surface area contributed by atoms with Crippen LogP contribution >= 0.6 is 11.8 Å². The van der Waals surface area contributed by atoms with Gasteiger partial charge in [0, 0.05) is 12.6 Å². The zero-order valence-electron chi connectivity index (χ0n) is 11.7. The zero-order valence-corrected chi connectivity index (χ0v) is 12.6. The van der Waals surface area contributed by atoms with Crippen molar-refractivity contribution in [2.75, 3.05) is 18.1 Å². The molecule has 0 amide bonds. The van der Waals surface area contributed by atoms with Crippen LogP contribution in [0.1, 0.15) is 46.5 Å². The monoisotopic (exact) mass is 277 g/mol. The van der Waals surface area contributed by atoms with Crippen LogP contribution in [0, 0.1) is 0 Å². The highest BCUT2D eigenvalue weighted by Crippen LogP contribution is 2.21. The van der Waals surface area contributed by atoms with E-state index in [4.69, 9.17) is 5.11 Å². The third kappa shape index (κ3) is 6.61. The van der Waals surface area contributed by atoms with Gasteiger partial charge in [-0.1, -0.05) is 6.92 Å². The molecule has 0 aliphatic carbocycles. The smallest absolute Gasteiger partial charge is 0.323 e. The fraction of sp³-hybridized carbons (Fsp3) is 0.923. The average Bonchev–Trinajstić information content (AvgIpc) is 2.31. The minimum absolute atomic E-state index is 0.170. The lowest BCUT2D eigenvalue weighted by molar-refractivity contribution is -0.145. The number of carboxylic acids is 1. The van der Waals surface area contributed by atoms with Crippen molar-refractivity contribution in [1.29, 1.82) is 0 Å². The minimum Gasteiger partial charge on any atom is -0.480 e. The van der Waals surface area contributed by atoms with Crippen LogP contribution in [0.2, 0.25) is 0 Å². The van der Waals surface area contributed by atoms with E-state index in [9.17, 15) is 9.90 Å². The third-order valence-corrected chi connectivity index (χ3v) is 4.07. The molecule has 5 heteroatoms. The van der Waals surface area contributed by atoms with Gasteiger partial charge in [-0.2, -0.15) is 11.8 Å². The van der Waals surface area contributed by atoms with Gasteiger partial charge in [-0.3, -0.25) is 10.1 Å².